The first-order valence-electron chi connectivity index (χ1n) is 11.0. The molecule has 1 heterocycles. The number of carboxylic acids is 1. The van der Waals surface area contributed by atoms with E-state index in [9.17, 15) is 31.5 Å². The Balaban J connectivity index is 1.77. The van der Waals surface area contributed by atoms with Crippen molar-refractivity contribution >= 4 is 11.9 Å². The molecular formula is C26H23F5N2O3. The minimum atomic E-state index is -5.04. The highest BCUT2D eigenvalue weighted by atomic mass is 19.4. The molecule has 0 saturated carbocycles. The second-order valence-electron chi connectivity index (χ2n) is 8.29. The summed E-state index contributed by atoms with van der Waals surface area (Å²) in [5.41, 5.74) is -0.365. The predicted molar refractivity (Wildman–Crippen MR) is 122 cm³/mol. The molecule has 0 saturated heterocycles. The molecule has 3 rings (SSSR count). The van der Waals surface area contributed by atoms with E-state index in [-0.39, 0.29) is 34.6 Å². The molecule has 0 radical (unpaired) electrons. The van der Waals surface area contributed by atoms with Crippen molar-refractivity contribution in [1.82, 2.24) is 9.88 Å². The number of carbonyl (C=O) groups is 2. The second-order valence-corrected chi connectivity index (χ2v) is 8.29. The van der Waals surface area contributed by atoms with Crippen molar-refractivity contribution in [2.75, 3.05) is 0 Å². The van der Waals surface area contributed by atoms with Crippen LogP contribution in [0.15, 0.2) is 66.7 Å². The van der Waals surface area contributed by atoms with Crippen LogP contribution in [0.5, 0.6) is 0 Å². The molecule has 0 aliphatic carbocycles. The first kappa shape index (κ1) is 26.8. The highest BCUT2D eigenvalue weighted by Gasteiger charge is 2.42. The lowest BCUT2D eigenvalue weighted by Crippen LogP contribution is -2.42. The fraction of sp³-hybridized carbons (Fsp3) is 0.269. The summed E-state index contributed by atoms with van der Waals surface area (Å²) in [6.45, 7) is 0.542. The number of halogens is 5. The fourth-order valence-electron chi connectivity index (χ4n) is 3.64. The molecule has 0 aliphatic rings. The van der Waals surface area contributed by atoms with Crippen LogP contribution in [0, 0.1) is 6.92 Å². The normalized spacial score (nSPS) is 11.8. The van der Waals surface area contributed by atoms with E-state index >= 15 is 0 Å². The van der Waals surface area contributed by atoms with Crippen molar-refractivity contribution in [1.29, 1.82) is 0 Å². The Labute approximate surface area is 204 Å². The molecule has 0 bridgehead atoms. The van der Waals surface area contributed by atoms with Crippen molar-refractivity contribution < 1.29 is 36.6 Å². The number of aromatic carboxylic acids is 1. The van der Waals surface area contributed by atoms with Crippen molar-refractivity contribution in [2.45, 2.75) is 45.0 Å². The van der Waals surface area contributed by atoms with Crippen LogP contribution in [0.2, 0.25) is 0 Å². The lowest BCUT2D eigenvalue weighted by atomic mass is 9.99. The summed E-state index contributed by atoms with van der Waals surface area (Å²) < 4.78 is 71.0. The van der Waals surface area contributed by atoms with Gasteiger partial charge in [0.25, 0.3) is 11.8 Å². The standard InChI is InChI=1S/C26H23F5N2O3/c1-17-14-21(25(27,28)13-5-8-18-9-11-20(12-10-18)24(35)36)15-22(32-17)23(34)33(26(29,30)31)16-19-6-3-2-4-7-19/h2-4,6-7,9-12,14-15H,5,8,13,16H2,1H3,(H,35,36). The number of pyridine rings is 1. The molecule has 0 atom stereocenters. The largest absolute Gasteiger partial charge is 0.487 e. The summed E-state index contributed by atoms with van der Waals surface area (Å²) in [6.07, 6.45) is -5.41. The average Bonchev–Trinajstić information content (AvgIpc) is 2.82. The zero-order valence-corrected chi connectivity index (χ0v) is 19.2. The Bertz CT molecular complexity index is 1210. The van der Waals surface area contributed by atoms with Gasteiger partial charge in [0.05, 0.1) is 12.1 Å². The highest BCUT2D eigenvalue weighted by molar-refractivity contribution is 5.92. The van der Waals surface area contributed by atoms with E-state index in [1.807, 2.05) is 0 Å². The lowest BCUT2D eigenvalue weighted by Gasteiger charge is -2.25. The first-order valence-corrected chi connectivity index (χ1v) is 11.0. The third kappa shape index (κ3) is 6.87. The number of nitrogens with zero attached hydrogens (tertiary/aromatic N) is 2. The van der Waals surface area contributed by atoms with E-state index in [1.54, 1.807) is 6.07 Å². The molecule has 10 heteroatoms. The highest BCUT2D eigenvalue weighted by Crippen LogP contribution is 2.35. The van der Waals surface area contributed by atoms with E-state index in [2.05, 4.69) is 4.98 Å². The summed E-state index contributed by atoms with van der Waals surface area (Å²) in [4.78, 5) is 27.1. The van der Waals surface area contributed by atoms with Crippen molar-refractivity contribution in [3.63, 3.8) is 0 Å². The molecule has 1 N–H and O–H groups in total. The van der Waals surface area contributed by atoms with Crippen LogP contribution in [0.4, 0.5) is 22.0 Å². The third-order valence-electron chi connectivity index (χ3n) is 5.49. The number of aryl methyl sites for hydroxylation is 2. The zero-order chi connectivity index (χ0) is 26.5. The summed E-state index contributed by atoms with van der Waals surface area (Å²) in [7, 11) is 0. The topological polar surface area (TPSA) is 70.5 Å². The van der Waals surface area contributed by atoms with Gasteiger partial charge >= 0.3 is 12.3 Å². The Morgan fingerprint density at radius 1 is 0.917 bits per heavy atom. The summed E-state index contributed by atoms with van der Waals surface area (Å²) in [5.74, 6) is -6.04. The Morgan fingerprint density at radius 3 is 2.14 bits per heavy atom. The van der Waals surface area contributed by atoms with Crippen LogP contribution in [0.1, 0.15) is 56.1 Å². The number of carboxylic acid groups (broad SMARTS) is 1. The van der Waals surface area contributed by atoms with Crippen molar-refractivity contribution in [3.05, 3.63) is 100 Å². The molecule has 0 unspecified atom stereocenters. The second kappa shape index (κ2) is 10.8. The number of hydrogen-bond acceptors (Lipinski definition) is 3. The van der Waals surface area contributed by atoms with Gasteiger partial charge in [-0.1, -0.05) is 42.5 Å². The van der Waals surface area contributed by atoms with E-state index in [1.165, 1.54) is 55.5 Å². The van der Waals surface area contributed by atoms with E-state index in [0.29, 0.717) is 11.6 Å². The quantitative estimate of drug-likeness (QED) is 0.271. The molecule has 0 spiro atoms. The molecule has 3 aromatic rings. The zero-order valence-electron chi connectivity index (χ0n) is 19.2. The third-order valence-corrected chi connectivity index (χ3v) is 5.49. The number of amides is 1. The van der Waals surface area contributed by atoms with Crippen LogP contribution in [-0.2, 0) is 18.9 Å². The van der Waals surface area contributed by atoms with Crippen molar-refractivity contribution in [2.24, 2.45) is 0 Å². The number of benzene rings is 2. The van der Waals surface area contributed by atoms with E-state index < -0.39 is 48.3 Å². The van der Waals surface area contributed by atoms with Gasteiger partial charge in [-0.2, -0.15) is 0 Å². The fourth-order valence-corrected chi connectivity index (χ4v) is 3.64. The van der Waals surface area contributed by atoms with Gasteiger partial charge < -0.3 is 5.11 Å². The molecular weight excluding hydrogens is 483 g/mol. The average molecular weight is 506 g/mol. The molecule has 190 valence electrons. The SMILES string of the molecule is Cc1cc(C(F)(F)CCCc2ccc(C(=O)O)cc2)cc(C(=O)N(Cc2ccccc2)C(F)(F)F)n1. The van der Waals surface area contributed by atoms with Gasteiger partial charge in [0.15, 0.2) is 0 Å². The molecule has 0 fully saturated rings. The number of aromatic nitrogens is 1. The van der Waals surface area contributed by atoms with Crippen LogP contribution in [-0.4, -0.2) is 33.2 Å². The van der Waals surface area contributed by atoms with E-state index in [4.69, 9.17) is 5.11 Å². The predicted octanol–water partition coefficient (Wildman–Crippen LogP) is 6.37. The summed E-state index contributed by atoms with van der Waals surface area (Å²) in [6, 6.07) is 15.1. The smallest absolute Gasteiger partial charge is 0.478 e. The maximum absolute atomic E-state index is 15.0. The van der Waals surface area contributed by atoms with Crippen LogP contribution in [0.25, 0.3) is 0 Å². The minimum absolute atomic E-state index is 0.0124. The molecule has 1 amide bonds. The Kier molecular flexibility index (Phi) is 8.07. The molecule has 36 heavy (non-hydrogen) atoms. The molecule has 0 aliphatic heterocycles. The van der Waals surface area contributed by atoms with Gasteiger partial charge in [0.1, 0.15) is 5.69 Å². The van der Waals surface area contributed by atoms with Gasteiger partial charge in [-0.15, -0.1) is 13.2 Å². The molecule has 2 aromatic carbocycles. The van der Waals surface area contributed by atoms with Crippen LogP contribution < -0.4 is 0 Å². The Morgan fingerprint density at radius 2 is 1.56 bits per heavy atom. The Hall–Kier alpha value is -3.82. The first-order chi connectivity index (χ1) is 16.9. The maximum Gasteiger partial charge on any atom is 0.487 e. The minimum Gasteiger partial charge on any atom is -0.478 e. The van der Waals surface area contributed by atoms with Gasteiger partial charge in [-0.3, -0.25) is 4.79 Å². The number of alkyl halides is 5. The van der Waals surface area contributed by atoms with Gasteiger partial charge in [0, 0.05) is 17.7 Å². The van der Waals surface area contributed by atoms with Gasteiger partial charge in [0.2, 0.25) is 0 Å². The summed E-state index contributed by atoms with van der Waals surface area (Å²) in [5, 5.41) is 8.93. The number of rotatable bonds is 9. The van der Waals surface area contributed by atoms with Crippen LogP contribution in [0.3, 0.4) is 0 Å². The summed E-state index contributed by atoms with van der Waals surface area (Å²) >= 11 is 0. The maximum atomic E-state index is 15.0. The number of carbonyl (C=O) groups excluding carboxylic acids is 1. The van der Waals surface area contributed by atoms with Crippen LogP contribution >= 0.6 is 0 Å². The van der Waals surface area contributed by atoms with Gasteiger partial charge in [-0.25, -0.2) is 23.5 Å². The molecule has 5 nitrogen and oxygen atoms in total. The lowest BCUT2D eigenvalue weighted by molar-refractivity contribution is -0.228. The van der Waals surface area contributed by atoms with Crippen molar-refractivity contribution in [3.8, 4) is 0 Å². The monoisotopic (exact) mass is 506 g/mol. The van der Waals surface area contributed by atoms with E-state index in [0.717, 1.165) is 6.07 Å². The molecule has 1 aromatic heterocycles. The number of hydrogen-bond donors (Lipinski definition) is 1. The van der Waals surface area contributed by atoms with Gasteiger partial charge in [-0.05, 0) is 55.2 Å².